The highest BCUT2D eigenvalue weighted by Crippen LogP contribution is 2.39. The number of piperidine rings is 1. The number of aromatic amines is 1. The van der Waals surface area contributed by atoms with E-state index in [0.29, 0.717) is 5.92 Å². The van der Waals surface area contributed by atoms with E-state index >= 15 is 0 Å². The summed E-state index contributed by atoms with van der Waals surface area (Å²) in [5, 5.41) is 8.68. The number of fused-ring (bicyclic) bond motifs is 1. The van der Waals surface area contributed by atoms with Gasteiger partial charge < -0.3 is 10.6 Å². The molecule has 1 saturated carbocycles. The molecule has 4 heterocycles. The molecular weight excluding hydrogens is 388 g/mol. The summed E-state index contributed by atoms with van der Waals surface area (Å²) in [4.78, 5) is 20.8. The number of aromatic nitrogens is 6. The van der Waals surface area contributed by atoms with Gasteiger partial charge in [-0.3, -0.25) is 15.1 Å². The van der Waals surface area contributed by atoms with Gasteiger partial charge >= 0.3 is 0 Å². The van der Waals surface area contributed by atoms with Crippen LogP contribution in [-0.2, 0) is 0 Å². The average Bonchev–Trinajstić information content (AvgIpc) is 3.59. The molecule has 6 rings (SSSR count). The molecule has 0 bridgehead atoms. The van der Waals surface area contributed by atoms with Crippen LogP contribution in [-0.4, -0.2) is 49.3 Å². The van der Waals surface area contributed by atoms with Crippen molar-refractivity contribution in [2.75, 3.05) is 18.0 Å². The van der Waals surface area contributed by atoms with Gasteiger partial charge in [-0.15, -0.1) is 0 Å². The van der Waals surface area contributed by atoms with Crippen LogP contribution in [0.25, 0.3) is 33.5 Å². The fourth-order valence-corrected chi connectivity index (χ4v) is 4.22. The van der Waals surface area contributed by atoms with Gasteiger partial charge in [0, 0.05) is 42.2 Å². The molecule has 3 N–H and O–H groups in total. The lowest BCUT2D eigenvalue weighted by Gasteiger charge is -2.30. The Morgan fingerprint density at radius 1 is 0.903 bits per heavy atom. The van der Waals surface area contributed by atoms with Crippen molar-refractivity contribution in [3.8, 4) is 22.6 Å². The van der Waals surface area contributed by atoms with Crippen molar-refractivity contribution in [2.24, 2.45) is 5.73 Å². The first kappa shape index (κ1) is 18.4. The second-order valence-electron chi connectivity index (χ2n) is 8.52. The zero-order valence-corrected chi connectivity index (χ0v) is 17.2. The van der Waals surface area contributed by atoms with Crippen LogP contribution in [0.15, 0.2) is 43.0 Å². The highest BCUT2D eigenvalue weighted by atomic mass is 15.2. The number of nitrogens with two attached hydrogens (primary N) is 1. The summed E-state index contributed by atoms with van der Waals surface area (Å²) in [6, 6.07) is 6.49. The SMILES string of the molecule is NC1CCN(c2cncc(-c3n[nH]c4ccc(-c5cncc(C6CC6)n5)cc34)n2)CC1. The lowest BCUT2D eigenvalue weighted by Crippen LogP contribution is -2.40. The van der Waals surface area contributed by atoms with E-state index in [0.717, 1.165) is 71.0 Å². The van der Waals surface area contributed by atoms with Gasteiger partial charge in [0.05, 0.1) is 35.5 Å². The molecule has 0 amide bonds. The van der Waals surface area contributed by atoms with Crippen molar-refractivity contribution in [1.29, 1.82) is 0 Å². The van der Waals surface area contributed by atoms with Crippen LogP contribution in [0.2, 0.25) is 0 Å². The average molecular weight is 413 g/mol. The summed E-state index contributed by atoms with van der Waals surface area (Å²) in [7, 11) is 0. The molecule has 31 heavy (non-hydrogen) atoms. The van der Waals surface area contributed by atoms with Gasteiger partial charge in [0.2, 0.25) is 0 Å². The van der Waals surface area contributed by atoms with Crippen molar-refractivity contribution in [3.05, 3.63) is 48.7 Å². The summed E-state index contributed by atoms with van der Waals surface area (Å²) >= 11 is 0. The molecule has 1 aromatic carbocycles. The van der Waals surface area contributed by atoms with Crippen LogP contribution in [0.3, 0.4) is 0 Å². The fraction of sp³-hybridized carbons (Fsp3) is 0.348. The van der Waals surface area contributed by atoms with E-state index < -0.39 is 0 Å². The zero-order chi connectivity index (χ0) is 20.8. The second kappa shape index (κ2) is 7.39. The Hall–Kier alpha value is -3.39. The molecule has 2 aliphatic rings. The van der Waals surface area contributed by atoms with Gasteiger partial charge in [0.25, 0.3) is 0 Å². The molecule has 4 aromatic rings. The fourth-order valence-electron chi connectivity index (χ4n) is 4.22. The first-order valence-electron chi connectivity index (χ1n) is 10.9. The van der Waals surface area contributed by atoms with Crippen LogP contribution in [0.4, 0.5) is 5.82 Å². The van der Waals surface area contributed by atoms with E-state index in [9.17, 15) is 0 Å². The number of hydrogen-bond acceptors (Lipinski definition) is 7. The number of nitrogens with one attached hydrogen (secondary N) is 1. The zero-order valence-electron chi connectivity index (χ0n) is 17.2. The van der Waals surface area contributed by atoms with Crippen molar-refractivity contribution in [1.82, 2.24) is 30.1 Å². The van der Waals surface area contributed by atoms with E-state index in [2.05, 4.69) is 37.2 Å². The van der Waals surface area contributed by atoms with E-state index in [1.54, 1.807) is 6.20 Å². The maximum atomic E-state index is 6.05. The first-order valence-corrected chi connectivity index (χ1v) is 10.9. The number of nitrogens with zero attached hydrogens (tertiary/aromatic N) is 6. The molecule has 1 aliphatic heterocycles. The molecule has 1 saturated heterocycles. The Morgan fingerprint density at radius 3 is 2.55 bits per heavy atom. The third-order valence-corrected chi connectivity index (χ3v) is 6.24. The van der Waals surface area contributed by atoms with Crippen LogP contribution in [0.5, 0.6) is 0 Å². The molecule has 0 radical (unpaired) electrons. The molecule has 1 aliphatic carbocycles. The molecule has 156 valence electrons. The van der Waals surface area contributed by atoms with Crippen molar-refractivity contribution in [3.63, 3.8) is 0 Å². The molecule has 0 atom stereocenters. The van der Waals surface area contributed by atoms with Gasteiger partial charge in [-0.2, -0.15) is 5.10 Å². The second-order valence-corrected chi connectivity index (χ2v) is 8.52. The van der Waals surface area contributed by atoms with Gasteiger partial charge in [0.1, 0.15) is 17.2 Å². The third-order valence-electron chi connectivity index (χ3n) is 6.24. The Morgan fingerprint density at radius 2 is 1.71 bits per heavy atom. The number of hydrogen-bond donors (Lipinski definition) is 2. The molecule has 0 spiro atoms. The predicted molar refractivity (Wildman–Crippen MR) is 120 cm³/mol. The number of H-pyrrole nitrogens is 1. The van der Waals surface area contributed by atoms with E-state index in [4.69, 9.17) is 15.7 Å². The Labute approximate surface area is 180 Å². The first-order chi connectivity index (χ1) is 15.2. The van der Waals surface area contributed by atoms with Gasteiger partial charge in [-0.25, -0.2) is 9.97 Å². The van der Waals surface area contributed by atoms with Crippen LogP contribution in [0.1, 0.15) is 37.3 Å². The minimum atomic E-state index is 0.280. The minimum absolute atomic E-state index is 0.280. The smallest absolute Gasteiger partial charge is 0.147 e. The topological polar surface area (TPSA) is 110 Å². The van der Waals surface area contributed by atoms with Gasteiger partial charge in [-0.1, -0.05) is 6.07 Å². The standard InChI is InChI=1S/C23H24N8/c24-16-5-7-31(8-6-16)22-13-26-12-21(28-22)23-17-9-15(3-4-18(17)29-30-23)20-11-25-10-19(27-20)14-1-2-14/h3-4,9-14,16H,1-2,5-8,24H2,(H,29,30). The molecule has 0 unspecified atom stereocenters. The summed E-state index contributed by atoms with van der Waals surface area (Å²) in [5.74, 6) is 1.45. The van der Waals surface area contributed by atoms with Crippen molar-refractivity contribution in [2.45, 2.75) is 37.6 Å². The van der Waals surface area contributed by atoms with E-state index in [1.807, 2.05) is 24.7 Å². The van der Waals surface area contributed by atoms with Crippen molar-refractivity contribution >= 4 is 16.7 Å². The predicted octanol–water partition coefficient (Wildman–Crippen LogP) is 3.28. The number of anilines is 1. The maximum absolute atomic E-state index is 6.05. The maximum Gasteiger partial charge on any atom is 0.147 e. The molecule has 3 aromatic heterocycles. The lowest BCUT2D eigenvalue weighted by molar-refractivity contribution is 0.498. The molecule has 2 fully saturated rings. The van der Waals surface area contributed by atoms with E-state index in [1.165, 1.54) is 12.8 Å². The summed E-state index contributed by atoms with van der Waals surface area (Å²) in [5.41, 5.74) is 11.6. The summed E-state index contributed by atoms with van der Waals surface area (Å²) in [6.07, 6.45) is 11.7. The number of rotatable bonds is 4. The summed E-state index contributed by atoms with van der Waals surface area (Å²) in [6.45, 7) is 1.81. The monoisotopic (exact) mass is 412 g/mol. The third kappa shape index (κ3) is 3.53. The minimum Gasteiger partial charge on any atom is -0.355 e. The van der Waals surface area contributed by atoms with Crippen LogP contribution >= 0.6 is 0 Å². The Balaban J connectivity index is 1.37. The van der Waals surface area contributed by atoms with E-state index in [-0.39, 0.29) is 6.04 Å². The molecular formula is C23H24N8. The van der Waals surface area contributed by atoms with Crippen LogP contribution in [0, 0.1) is 0 Å². The highest BCUT2D eigenvalue weighted by molar-refractivity contribution is 5.94. The van der Waals surface area contributed by atoms with Crippen molar-refractivity contribution < 1.29 is 0 Å². The quantitative estimate of drug-likeness (QED) is 0.529. The Bertz CT molecular complexity index is 1240. The summed E-state index contributed by atoms with van der Waals surface area (Å²) < 4.78 is 0. The normalized spacial score (nSPS) is 17.4. The van der Waals surface area contributed by atoms with Crippen LogP contribution < -0.4 is 10.6 Å². The van der Waals surface area contributed by atoms with Gasteiger partial charge in [0.15, 0.2) is 0 Å². The largest absolute Gasteiger partial charge is 0.355 e. The molecule has 8 nitrogen and oxygen atoms in total. The highest BCUT2D eigenvalue weighted by Gasteiger charge is 2.25. The lowest BCUT2D eigenvalue weighted by atomic mass is 10.1. The number of benzene rings is 1. The molecule has 8 heteroatoms. The van der Waals surface area contributed by atoms with Gasteiger partial charge in [-0.05, 0) is 37.8 Å². The Kier molecular flexibility index (Phi) is 4.38.